The first kappa shape index (κ1) is 14.4. The van der Waals surface area contributed by atoms with Gasteiger partial charge in [-0.25, -0.2) is 4.79 Å². The van der Waals surface area contributed by atoms with Gasteiger partial charge in [0, 0.05) is 12.2 Å². The second-order valence-corrected chi connectivity index (χ2v) is 5.55. The topological polar surface area (TPSA) is 32.3 Å². The lowest BCUT2D eigenvalue weighted by Crippen LogP contribution is -2.49. The molecular formula is C17H22N2O. The van der Waals surface area contributed by atoms with Crippen molar-refractivity contribution in [3.8, 4) is 0 Å². The molecule has 1 unspecified atom stereocenters. The fraction of sp³-hybridized carbons (Fsp3) is 0.353. The first-order valence-electron chi connectivity index (χ1n) is 6.99. The standard InChI is InChI=1S/C17H22N2O/c1-12(2)19-11-14(4)16(18-17(19)20)10-13(3)15-8-6-5-7-9-15/h5-9,11-12,16H,3,10H2,1-2,4H3,(H,18,20). The van der Waals surface area contributed by atoms with Crippen molar-refractivity contribution in [3.05, 3.63) is 54.2 Å². The second-order valence-electron chi connectivity index (χ2n) is 5.55. The van der Waals surface area contributed by atoms with Crippen LogP contribution < -0.4 is 5.32 Å². The lowest BCUT2D eigenvalue weighted by Gasteiger charge is -2.33. The zero-order chi connectivity index (χ0) is 14.7. The molecule has 1 heterocycles. The largest absolute Gasteiger partial charge is 0.331 e. The number of nitrogens with one attached hydrogen (secondary N) is 1. The molecule has 0 radical (unpaired) electrons. The van der Waals surface area contributed by atoms with E-state index in [0.717, 1.165) is 23.1 Å². The van der Waals surface area contributed by atoms with E-state index in [4.69, 9.17) is 0 Å². The Balaban J connectivity index is 2.10. The maximum atomic E-state index is 12.1. The van der Waals surface area contributed by atoms with E-state index >= 15 is 0 Å². The SMILES string of the molecule is C=C(CC1NC(=O)N(C(C)C)C=C1C)c1ccccc1. The number of carbonyl (C=O) groups excluding carboxylic acids is 1. The van der Waals surface area contributed by atoms with Gasteiger partial charge in [-0.05, 0) is 43.9 Å². The number of benzene rings is 1. The number of carbonyl (C=O) groups is 1. The van der Waals surface area contributed by atoms with Crippen LogP contribution in [0.4, 0.5) is 4.79 Å². The van der Waals surface area contributed by atoms with E-state index in [1.165, 1.54) is 0 Å². The van der Waals surface area contributed by atoms with Crippen molar-refractivity contribution in [2.24, 2.45) is 0 Å². The number of rotatable bonds is 4. The Kier molecular flexibility index (Phi) is 4.28. The van der Waals surface area contributed by atoms with Crippen molar-refractivity contribution in [1.29, 1.82) is 0 Å². The molecule has 1 aromatic rings. The molecule has 1 aliphatic heterocycles. The predicted molar refractivity (Wildman–Crippen MR) is 83.1 cm³/mol. The Morgan fingerprint density at radius 3 is 2.60 bits per heavy atom. The van der Waals surface area contributed by atoms with Gasteiger partial charge in [0.2, 0.25) is 0 Å². The monoisotopic (exact) mass is 270 g/mol. The van der Waals surface area contributed by atoms with Crippen molar-refractivity contribution >= 4 is 11.6 Å². The average molecular weight is 270 g/mol. The highest BCUT2D eigenvalue weighted by Gasteiger charge is 2.26. The summed E-state index contributed by atoms with van der Waals surface area (Å²) >= 11 is 0. The maximum absolute atomic E-state index is 12.1. The van der Waals surface area contributed by atoms with Gasteiger partial charge in [-0.3, -0.25) is 4.90 Å². The average Bonchev–Trinajstić information content (AvgIpc) is 2.43. The molecule has 1 aliphatic rings. The summed E-state index contributed by atoms with van der Waals surface area (Å²) in [5, 5.41) is 3.06. The van der Waals surface area contributed by atoms with Gasteiger partial charge in [-0.1, -0.05) is 36.9 Å². The van der Waals surface area contributed by atoms with Gasteiger partial charge in [0.25, 0.3) is 0 Å². The van der Waals surface area contributed by atoms with E-state index in [0.29, 0.717) is 0 Å². The number of hydrogen-bond donors (Lipinski definition) is 1. The van der Waals surface area contributed by atoms with E-state index in [9.17, 15) is 4.79 Å². The molecule has 0 aromatic heterocycles. The third kappa shape index (κ3) is 3.10. The van der Waals surface area contributed by atoms with Crippen molar-refractivity contribution in [2.45, 2.75) is 39.3 Å². The zero-order valence-corrected chi connectivity index (χ0v) is 12.4. The Bertz CT molecular complexity index is 531. The Morgan fingerprint density at radius 2 is 2.00 bits per heavy atom. The highest BCUT2D eigenvalue weighted by atomic mass is 16.2. The molecule has 1 atom stereocenters. The zero-order valence-electron chi connectivity index (χ0n) is 12.4. The highest BCUT2D eigenvalue weighted by molar-refractivity contribution is 5.78. The van der Waals surface area contributed by atoms with E-state index in [1.807, 2.05) is 50.4 Å². The van der Waals surface area contributed by atoms with Gasteiger partial charge >= 0.3 is 6.03 Å². The summed E-state index contributed by atoms with van der Waals surface area (Å²) in [6, 6.07) is 10.3. The van der Waals surface area contributed by atoms with Gasteiger partial charge in [0.15, 0.2) is 0 Å². The molecule has 0 aliphatic carbocycles. The summed E-state index contributed by atoms with van der Waals surface area (Å²) in [5.41, 5.74) is 3.33. The minimum Gasteiger partial charge on any atom is -0.331 e. The Hall–Kier alpha value is -2.03. The van der Waals surface area contributed by atoms with Crippen LogP contribution >= 0.6 is 0 Å². The predicted octanol–water partition coefficient (Wildman–Crippen LogP) is 3.80. The Labute approximate surface area is 121 Å². The van der Waals surface area contributed by atoms with Crippen LogP contribution in [0.3, 0.4) is 0 Å². The summed E-state index contributed by atoms with van der Waals surface area (Å²) in [7, 11) is 0. The smallest absolute Gasteiger partial charge is 0.322 e. The number of hydrogen-bond acceptors (Lipinski definition) is 1. The van der Waals surface area contributed by atoms with Crippen LogP contribution in [-0.4, -0.2) is 23.0 Å². The van der Waals surface area contributed by atoms with Gasteiger partial charge in [-0.15, -0.1) is 0 Å². The fourth-order valence-corrected chi connectivity index (χ4v) is 2.34. The molecule has 0 saturated carbocycles. The van der Waals surface area contributed by atoms with Crippen LogP contribution in [0.15, 0.2) is 48.7 Å². The quantitative estimate of drug-likeness (QED) is 0.887. The van der Waals surface area contributed by atoms with Crippen LogP contribution in [-0.2, 0) is 0 Å². The van der Waals surface area contributed by atoms with Crippen LogP contribution in [0.25, 0.3) is 5.57 Å². The molecule has 2 amide bonds. The van der Waals surface area contributed by atoms with Gasteiger partial charge in [-0.2, -0.15) is 0 Å². The van der Waals surface area contributed by atoms with Crippen LogP contribution in [0.1, 0.15) is 32.8 Å². The number of amides is 2. The molecule has 3 heteroatoms. The Morgan fingerprint density at radius 1 is 1.35 bits per heavy atom. The number of urea groups is 1. The van der Waals surface area contributed by atoms with Crippen LogP contribution in [0, 0.1) is 0 Å². The summed E-state index contributed by atoms with van der Waals surface area (Å²) in [6.45, 7) is 10.2. The molecule has 0 spiro atoms. The summed E-state index contributed by atoms with van der Waals surface area (Å²) in [4.78, 5) is 13.8. The first-order chi connectivity index (χ1) is 9.49. The summed E-state index contributed by atoms with van der Waals surface area (Å²) in [6.07, 6.45) is 2.69. The summed E-state index contributed by atoms with van der Waals surface area (Å²) in [5.74, 6) is 0. The second kappa shape index (κ2) is 5.95. The van der Waals surface area contributed by atoms with Crippen LogP contribution in [0.5, 0.6) is 0 Å². The molecule has 2 rings (SSSR count). The molecule has 3 nitrogen and oxygen atoms in total. The van der Waals surface area contributed by atoms with Crippen molar-refractivity contribution in [1.82, 2.24) is 10.2 Å². The van der Waals surface area contributed by atoms with E-state index < -0.39 is 0 Å². The molecule has 0 saturated heterocycles. The van der Waals surface area contributed by atoms with Crippen molar-refractivity contribution in [3.63, 3.8) is 0 Å². The van der Waals surface area contributed by atoms with Crippen molar-refractivity contribution < 1.29 is 4.79 Å². The lowest BCUT2D eigenvalue weighted by molar-refractivity contribution is 0.198. The van der Waals surface area contributed by atoms with Crippen molar-refractivity contribution in [2.75, 3.05) is 0 Å². The molecule has 0 fully saturated rings. The minimum atomic E-state index is -0.0311. The van der Waals surface area contributed by atoms with Gasteiger partial charge < -0.3 is 5.32 Å². The minimum absolute atomic E-state index is 0.0311. The lowest BCUT2D eigenvalue weighted by atomic mass is 9.95. The summed E-state index contributed by atoms with van der Waals surface area (Å²) < 4.78 is 0. The van der Waals surface area contributed by atoms with E-state index in [1.54, 1.807) is 4.90 Å². The molecule has 20 heavy (non-hydrogen) atoms. The van der Waals surface area contributed by atoms with E-state index in [-0.39, 0.29) is 18.1 Å². The van der Waals surface area contributed by atoms with Gasteiger partial charge in [0.05, 0.1) is 6.04 Å². The number of nitrogens with zero attached hydrogens (tertiary/aromatic N) is 1. The first-order valence-corrected chi connectivity index (χ1v) is 6.99. The molecule has 0 bridgehead atoms. The third-order valence-corrected chi connectivity index (χ3v) is 3.61. The third-order valence-electron chi connectivity index (χ3n) is 3.61. The van der Waals surface area contributed by atoms with Crippen LogP contribution in [0.2, 0.25) is 0 Å². The fourth-order valence-electron chi connectivity index (χ4n) is 2.34. The van der Waals surface area contributed by atoms with Gasteiger partial charge in [0.1, 0.15) is 0 Å². The molecular weight excluding hydrogens is 248 g/mol. The molecule has 1 N–H and O–H groups in total. The molecule has 1 aromatic carbocycles. The van der Waals surface area contributed by atoms with E-state index in [2.05, 4.69) is 18.8 Å². The maximum Gasteiger partial charge on any atom is 0.322 e. The normalized spacial score (nSPS) is 18.8. The highest BCUT2D eigenvalue weighted by Crippen LogP contribution is 2.23. The molecule has 106 valence electrons.